The van der Waals surface area contributed by atoms with E-state index in [0.717, 1.165) is 0 Å². The van der Waals surface area contributed by atoms with Gasteiger partial charge in [0.1, 0.15) is 6.04 Å². The summed E-state index contributed by atoms with van der Waals surface area (Å²) in [6.07, 6.45) is -0.242. The van der Waals surface area contributed by atoms with Crippen molar-refractivity contribution in [1.82, 2.24) is 5.32 Å². The summed E-state index contributed by atoms with van der Waals surface area (Å²) in [5.74, 6) is -2.83. The van der Waals surface area contributed by atoms with Crippen molar-refractivity contribution >= 4 is 23.5 Å². The quantitative estimate of drug-likeness (QED) is 0.375. The number of amides is 2. The Balaban J connectivity index is 2.36. The number of rotatable bonds is 9. The molecule has 0 fully saturated rings. The summed E-state index contributed by atoms with van der Waals surface area (Å²) in [6.45, 7) is 1.78. The van der Waals surface area contributed by atoms with Crippen LogP contribution in [0.4, 0.5) is 5.69 Å². The van der Waals surface area contributed by atoms with Crippen LogP contribution in [0, 0.1) is 10.1 Å². The van der Waals surface area contributed by atoms with Gasteiger partial charge in [-0.1, -0.05) is 30.3 Å². The van der Waals surface area contributed by atoms with Crippen LogP contribution in [0.25, 0.3) is 0 Å². The maximum Gasteiger partial charge on any atom is 0.306 e. The van der Waals surface area contributed by atoms with Gasteiger partial charge in [-0.25, -0.2) is 0 Å². The van der Waals surface area contributed by atoms with Gasteiger partial charge in [-0.2, -0.15) is 0 Å². The zero-order valence-corrected chi connectivity index (χ0v) is 15.7. The number of carbonyl (C=O) groups is 3. The van der Waals surface area contributed by atoms with E-state index in [-0.39, 0.29) is 18.7 Å². The van der Waals surface area contributed by atoms with Crippen LogP contribution in [0.5, 0.6) is 0 Å². The summed E-state index contributed by atoms with van der Waals surface area (Å²) in [7, 11) is 0. The number of esters is 1. The Labute approximate surface area is 167 Å². The number of ether oxygens (including phenoxy) is 1. The molecule has 0 spiro atoms. The van der Waals surface area contributed by atoms with Gasteiger partial charge >= 0.3 is 5.97 Å². The molecule has 29 heavy (non-hydrogen) atoms. The molecule has 152 valence electrons. The Kier molecular flexibility index (Phi) is 7.41. The standard InChI is InChI=1S/C20H21N3O6/c1-2-29-17(24)12-16(13-8-10-15(11-9-13)23(27)28)18(19(21)25)22-20(26)14-6-4-3-5-7-14/h3-11,16,18H,2,12H2,1H3,(H2,21,25)(H,22,26)/t16-,18-/m1/s1. The largest absolute Gasteiger partial charge is 0.466 e. The molecule has 0 aliphatic carbocycles. The predicted octanol–water partition coefficient (Wildman–Crippen LogP) is 1.92. The Morgan fingerprint density at radius 1 is 1.10 bits per heavy atom. The Bertz CT molecular complexity index is 883. The molecule has 2 aromatic rings. The summed E-state index contributed by atoms with van der Waals surface area (Å²) >= 11 is 0. The van der Waals surface area contributed by atoms with Crippen molar-refractivity contribution in [2.45, 2.75) is 25.3 Å². The highest BCUT2D eigenvalue weighted by molar-refractivity contribution is 5.97. The minimum Gasteiger partial charge on any atom is -0.466 e. The number of non-ortho nitro benzene ring substituents is 1. The van der Waals surface area contributed by atoms with E-state index in [4.69, 9.17) is 10.5 Å². The number of primary amides is 1. The average molecular weight is 399 g/mol. The molecule has 0 saturated heterocycles. The molecule has 2 atom stereocenters. The SMILES string of the molecule is CCOC(=O)C[C@H](c1ccc([N+](=O)[O-])cc1)[C@@H](NC(=O)c1ccccc1)C(N)=O. The monoisotopic (exact) mass is 399 g/mol. The minimum absolute atomic E-state index is 0.142. The molecule has 0 unspecified atom stereocenters. The lowest BCUT2D eigenvalue weighted by molar-refractivity contribution is -0.384. The first kappa shape index (κ1) is 21.5. The molecule has 0 aliphatic rings. The van der Waals surface area contributed by atoms with Gasteiger partial charge in [0.15, 0.2) is 0 Å². The lowest BCUT2D eigenvalue weighted by Crippen LogP contribution is -2.48. The van der Waals surface area contributed by atoms with E-state index in [1.807, 2.05) is 0 Å². The molecule has 0 saturated carbocycles. The van der Waals surface area contributed by atoms with E-state index in [2.05, 4.69) is 5.32 Å². The van der Waals surface area contributed by atoms with Crippen LogP contribution in [0.15, 0.2) is 54.6 Å². The van der Waals surface area contributed by atoms with Gasteiger partial charge in [-0.05, 0) is 24.6 Å². The van der Waals surface area contributed by atoms with Gasteiger partial charge in [-0.3, -0.25) is 24.5 Å². The van der Waals surface area contributed by atoms with Crippen LogP contribution in [0.2, 0.25) is 0 Å². The topological polar surface area (TPSA) is 142 Å². The van der Waals surface area contributed by atoms with Crippen LogP contribution in [-0.2, 0) is 14.3 Å². The number of nitrogens with one attached hydrogen (secondary N) is 1. The number of nitrogens with two attached hydrogens (primary N) is 1. The highest BCUT2D eigenvalue weighted by atomic mass is 16.6. The normalized spacial score (nSPS) is 12.4. The zero-order valence-electron chi connectivity index (χ0n) is 15.7. The van der Waals surface area contributed by atoms with Gasteiger partial charge in [-0.15, -0.1) is 0 Å². The number of hydrogen-bond acceptors (Lipinski definition) is 6. The highest BCUT2D eigenvalue weighted by Gasteiger charge is 2.32. The lowest BCUT2D eigenvalue weighted by Gasteiger charge is -2.25. The third-order valence-corrected chi connectivity index (χ3v) is 4.26. The van der Waals surface area contributed by atoms with Crippen molar-refractivity contribution < 1.29 is 24.0 Å². The number of carbonyl (C=O) groups excluding carboxylic acids is 3. The van der Waals surface area contributed by atoms with E-state index in [1.54, 1.807) is 37.3 Å². The van der Waals surface area contributed by atoms with Crippen molar-refractivity contribution in [2.24, 2.45) is 5.73 Å². The van der Waals surface area contributed by atoms with E-state index in [1.165, 1.54) is 24.3 Å². The minimum atomic E-state index is -1.23. The smallest absolute Gasteiger partial charge is 0.306 e. The van der Waals surface area contributed by atoms with Crippen LogP contribution >= 0.6 is 0 Å². The fourth-order valence-corrected chi connectivity index (χ4v) is 2.85. The maximum atomic E-state index is 12.5. The van der Waals surface area contributed by atoms with Crippen molar-refractivity contribution in [2.75, 3.05) is 6.61 Å². The first-order valence-corrected chi connectivity index (χ1v) is 8.88. The fraction of sp³-hybridized carbons (Fsp3) is 0.250. The second-order valence-electron chi connectivity index (χ2n) is 6.18. The van der Waals surface area contributed by atoms with E-state index in [0.29, 0.717) is 11.1 Å². The number of benzene rings is 2. The van der Waals surface area contributed by atoms with Crippen LogP contribution in [0.1, 0.15) is 35.2 Å². The molecule has 9 heteroatoms. The van der Waals surface area contributed by atoms with E-state index < -0.39 is 34.7 Å². The van der Waals surface area contributed by atoms with Crippen molar-refractivity contribution in [1.29, 1.82) is 0 Å². The first-order valence-electron chi connectivity index (χ1n) is 8.88. The number of nitro groups is 1. The van der Waals surface area contributed by atoms with Crippen molar-refractivity contribution in [3.05, 3.63) is 75.8 Å². The molecule has 2 aromatic carbocycles. The summed E-state index contributed by atoms with van der Waals surface area (Å²) in [5, 5.41) is 13.5. The molecule has 2 rings (SSSR count). The third-order valence-electron chi connectivity index (χ3n) is 4.26. The zero-order chi connectivity index (χ0) is 21.4. The molecule has 3 N–H and O–H groups in total. The molecule has 9 nitrogen and oxygen atoms in total. The van der Waals surface area contributed by atoms with Gasteiger partial charge in [0, 0.05) is 23.6 Å². The van der Waals surface area contributed by atoms with Crippen molar-refractivity contribution in [3.63, 3.8) is 0 Å². The molecule has 0 aliphatic heterocycles. The molecule has 0 aromatic heterocycles. The second kappa shape index (κ2) is 9.98. The van der Waals surface area contributed by atoms with Crippen LogP contribution in [0.3, 0.4) is 0 Å². The molecule has 0 bridgehead atoms. The summed E-state index contributed by atoms with van der Waals surface area (Å²) in [5.41, 5.74) is 6.12. The molecule has 2 amide bonds. The molecular weight excluding hydrogens is 378 g/mol. The summed E-state index contributed by atoms with van der Waals surface area (Å²) in [4.78, 5) is 47.1. The number of nitro benzene ring substituents is 1. The molecule has 0 radical (unpaired) electrons. The van der Waals surface area contributed by atoms with Crippen LogP contribution in [-0.4, -0.2) is 35.4 Å². The highest BCUT2D eigenvalue weighted by Crippen LogP contribution is 2.27. The maximum absolute atomic E-state index is 12.5. The van der Waals surface area contributed by atoms with Gasteiger partial charge in [0.05, 0.1) is 18.0 Å². The van der Waals surface area contributed by atoms with Gasteiger partial charge < -0.3 is 15.8 Å². The van der Waals surface area contributed by atoms with E-state index >= 15 is 0 Å². The average Bonchev–Trinajstić information content (AvgIpc) is 2.71. The second-order valence-corrected chi connectivity index (χ2v) is 6.18. The molecular formula is C20H21N3O6. The number of hydrogen-bond donors (Lipinski definition) is 2. The number of nitrogens with zero attached hydrogens (tertiary/aromatic N) is 1. The van der Waals surface area contributed by atoms with Crippen LogP contribution < -0.4 is 11.1 Å². The van der Waals surface area contributed by atoms with Gasteiger partial charge in [0.25, 0.3) is 11.6 Å². The lowest BCUT2D eigenvalue weighted by atomic mass is 9.87. The first-order chi connectivity index (χ1) is 13.8. The Morgan fingerprint density at radius 2 is 1.72 bits per heavy atom. The third kappa shape index (κ3) is 5.86. The van der Waals surface area contributed by atoms with Crippen molar-refractivity contribution in [3.8, 4) is 0 Å². The van der Waals surface area contributed by atoms with Gasteiger partial charge in [0.2, 0.25) is 5.91 Å². The Morgan fingerprint density at radius 3 is 2.24 bits per heavy atom. The van der Waals surface area contributed by atoms with E-state index in [9.17, 15) is 24.5 Å². The summed E-state index contributed by atoms with van der Waals surface area (Å²) < 4.78 is 4.96. The summed E-state index contributed by atoms with van der Waals surface area (Å²) in [6, 6.07) is 12.3. The fourth-order valence-electron chi connectivity index (χ4n) is 2.85. The predicted molar refractivity (Wildman–Crippen MR) is 104 cm³/mol. The molecule has 0 heterocycles. The Hall–Kier alpha value is -3.75.